The highest BCUT2D eigenvalue weighted by molar-refractivity contribution is 7.93. The van der Waals surface area contributed by atoms with Gasteiger partial charge in [0.25, 0.3) is 10.0 Å². The second-order valence-corrected chi connectivity index (χ2v) is 8.16. The summed E-state index contributed by atoms with van der Waals surface area (Å²) < 4.78 is 27.2. The fourth-order valence-corrected chi connectivity index (χ4v) is 5.72. The zero-order valence-electron chi connectivity index (χ0n) is 11.0. The van der Waals surface area contributed by atoms with Crippen molar-refractivity contribution in [3.8, 4) is 0 Å². The van der Waals surface area contributed by atoms with E-state index in [0.29, 0.717) is 17.3 Å². The Morgan fingerprint density at radius 1 is 1.35 bits per heavy atom. The Morgan fingerprint density at radius 3 is 2.80 bits per heavy atom. The molecule has 0 aliphatic carbocycles. The van der Waals surface area contributed by atoms with E-state index in [1.54, 1.807) is 6.07 Å². The Morgan fingerprint density at radius 2 is 2.10 bits per heavy atom. The highest BCUT2D eigenvalue weighted by Gasteiger charge is 2.32. The van der Waals surface area contributed by atoms with Crippen molar-refractivity contribution in [2.45, 2.75) is 24.1 Å². The number of nitrogens with zero attached hydrogens (tertiary/aromatic N) is 1. The number of sulfonamides is 1. The summed E-state index contributed by atoms with van der Waals surface area (Å²) in [5.74, 6) is 0.345. The van der Waals surface area contributed by atoms with E-state index >= 15 is 0 Å². The molecule has 0 saturated carbocycles. The van der Waals surface area contributed by atoms with Crippen LogP contribution in [0.25, 0.3) is 0 Å². The third kappa shape index (κ3) is 2.14. The molecule has 0 radical (unpaired) electrons. The first-order chi connectivity index (χ1) is 9.54. The number of rotatable bonds is 3. The number of hydrogen-bond donors (Lipinski definition) is 0. The first-order valence-electron chi connectivity index (χ1n) is 6.30. The normalized spacial score (nSPS) is 14.6. The summed E-state index contributed by atoms with van der Waals surface area (Å²) >= 11 is 7.25. The highest BCUT2D eigenvalue weighted by atomic mass is 35.5. The van der Waals surface area contributed by atoms with Crippen LogP contribution < -0.4 is 4.31 Å². The molecule has 0 N–H and O–H groups in total. The summed E-state index contributed by atoms with van der Waals surface area (Å²) in [4.78, 5) is 2.06. The molecule has 1 aromatic carbocycles. The summed E-state index contributed by atoms with van der Waals surface area (Å²) in [6.07, 6.45) is 0.765. The molecule has 20 heavy (non-hydrogen) atoms. The third-order valence-electron chi connectivity index (χ3n) is 3.47. The van der Waals surface area contributed by atoms with Crippen LogP contribution in [-0.2, 0) is 22.3 Å². The Balaban J connectivity index is 2.07. The van der Waals surface area contributed by atoms with Crippen molar-refractivity contribution in [2.75, 3.05) is 10.8 Å². The zero-order chi connectivity index (χ0) is 14.3. The van der Waals surface area contributed by atoms with E-state index in [1.807, 2.05) is 31.2 Å². The van der Waals surface area contributed by atoms with Crippen molar-refractivity contribution >= 4 is 38.6 Å². The molecule has 3 nitrogen and oxygen atoms in total. The van der Waals surface area contributed by atoms with E-state index in [4.69, 9.17) is 11.6 Å². The number of para-hydroxylation sites is 1. The molecule has 0 unspecified atom stereocenters. The second-order valence-electron chi connectivity index (χ2n) is 4.72. The number of benzene rings is 1. The molecule has 3 rings (SSSR count). The topological polar surface area (TPSA) is 37.4 Å². The van der Waals surface area contributed by atoms with Gasteiger partial charge in [-0.3, -0.25) is 4.31 Å². The van der Waals surface area contributed by atoms with Crippen molar-refractivity contribution in [3.05, 3.63) is 45.6 Å². The minimum Gasteiger partial charge on any atom is -0.266 e. The lowest BCUT2D eigenvalue weighted by atomic mass is 10.2. The first kappa shape index (κ1) is 13.9. The number of fused-ring (bicyclic) bond motifs is 1. The molecule has 1 aromatic heterocycles. The fourth-order valence-electron chi connectivity index (χ4n) is 2.52. The molecule has 2 aromatic rings. The Kier molecular flexibility index (Phi) is 3.52. The van der Waals surface area contributed by atoms with Gasteiger partial charge in [0, 0.05) is 16.3 Å². The Labute approximate surface area is 127 Å². The summed E-state index contributed by atoms with van der Waals surface area (Å²) in [5, 5.41) is 0. The van der Waals surface area contributed by atoms with Gasteiger partial charge >= 0.3 is 0 Å². The number of anilines is 1. The summed E-state index contributed by atoms with van der Waals surface area (Å²) in [6, 6.07) is 9.36. The summed E-state index contributed by atoms with van der Waals surface area (Å²) in [6.45, 7) is 2.34. The van der Waals surface area contributed by atoms with Crippen LogP contribution in [0.4, 0.5) is 5.69 Å². The Hall–Kier alpha value is -1.04. The predicted octanol–water partition coefficient (Wildman–Crippen LogP) is 3.55. The van der Waals surface area contributed by atoms with Gasteiger partial charge in [0.2, 0.25) is 0 Å². The average Bonchev–Trinajstić information content (AvgIpc) is 3.02. The molecule has 0 bridgehead atoms. The molecule has 1 aliphatic heterocycles. The largest absolute Gasteiger partial charge is 0.266 e. The smallest absolute Gasteiger partial charge is 0.265 e. The first-order valence-corrected chi connectivity index (χ1v) is 9.09. The van der Waals surface area contributed by atoms with E-state index in [1.165, 1.54) is 15.6 Å². The van der Waals surface area contributed by atoms with E-state index in [-0.39, 0.29) is 0 Å². The average molecular weight is 328 g/mol. The third-order valence-corrected chi connectivity index (χ3v) is 7.03. The minimum absolute atomic E-state index is 0.345. The Bertz CT molecular complexity index is 752. The van der Waals surface area contributed by atoms with Crippen LogP contribution in [0.15, 0.2) is 35.2 Å². The monoisotopic (exact) mass is 327 g/mol. The maximum Gasteiger partial charge on any atom is 0.265 e. The quantitative estimate of drug-likeness (QED) is 0.808. The van der Waals surface area contributed by atoms with Crippen LogP contribution in [0.1, 0.15) is 15.3 Å². The minimum atomic E-state index is -3.49. The number of alkyl halides is 1. The van der Waals surface area contributed by atoms with Gasteiger partial charge in [-0.1, -0.05) is 18.2 Å². The summed E-state index contributed by atoms with van der Waals surface area (Å²) in [5.41, 5.74) is 1.88. The van der Waals surface area contributed by atoms with Crippen molar-refractivity contribution in [1.82, 2.24) is 0 Å². The van der Waals surface area contributed by atoms with Gasteiger partial charge in [0.15, 0.2) is 0 Å². The van der Waals surface area contributed by atoms with E-state index in [2.05, 4.69) is 0 Å². The van der Waals surface area contributed by atoms with Gasteiger partial charge in [-0.25, -0.2) is 8.42 Å². The van der Waals surface area contributed by atoms with Crippen molar-refractivity contribution in [1.29, 1.82) is 0 Å². The van der Waals surface area contributed by atoms with Gasteiger partial charge in [-0.15, -0.1) is 22.9 Å². The van der Waals surface area contributed by atoms with E-state index in [0.717, 1.165) is 27.4 Å². The molecule has 0 atom stereocenters. The molecule has 1 aliphatic rings. The molecule has 2 heterocycles. The second kappa shape index (κ2) is 5.06. The van der Waals surface area contributed by atoms with Gasteiger partial charge < -0.3 is 0 Å². The van der Waals surface area contributed by atoms with Crippen molar-refractivity contribution < 1.29 is 8.42 Å². The van der Waals surface area contributed by atoms with Crippen molar-refractivity contribution in [3.63, 3.8) is 0 Å². The molecular weight excluding hydrogens is 314 g/mol. The molecule has 0 fully saturated rings. The molecule has 0 amide bonds. The number of halogens is 1. The highest BCUT2D eigenvalue weighted by Crippen LogP contribution is 2.36. The molecule has 106 valence electrons. The van der Waals surface area contributed by atoms with Gasteiger partial charge in [0.05, 0.1) is 11.6 Å². The molecule has 6 heteroatoms. The molecule has 0 saturated heterocycles. The number of aryl methyl sites for hydroxylation is 1. The van der Waals surface area contributed by atoms with Gasteiger partial charge in [-0.05, 0) is 31.0 Å². The SMILES string of the molecule is Cc1sc(CCl)cc1S(=O)(=O)N1CCc2ccccc21. The fraction of sp³-hybridized carbons (Fsp3) is 0.286. The summed E-state index contributed by atoms with van der Waals surface area (Å²) in [7, 11) is -3.49. The van der Waals surface area contributed by atoms with Crippen LogP contribution >= 0.6 is 22.9 Å². The van der Waals surface area contributed by atoms with Crippen LogP contribution in [0, 0.1) is 6.92 Å². The van der Waals surface area contributed by atoms with Crippen LogP contribution in [0.3, 0.4) is 0 Å². The molecular formula is C14H14ClNO2S2. The number of thiophene rings is 1. The lowest BCUT2D eigenvalue weighted by Gasteiger charge is -2.19. The standard InChI is InChI=1S/C14H14ClNO2S2/c1-10-14(8-12(9-15)19-10)20(17,18)16-7-6-11-4-2-3-5-13(11)16/h2-5,8H,6-7,9H2,1H3. The zero-order valence-corrected chi connectivity index (χ0v) is 13.4. The predicted molar refractivity (Wildman–Crippen MR) is 83.3 cm³/mol. The lowest BCUT2D eigenvalue weighted by Crippen LogP contribution is -2.29. The lowest BCUT2D eigenvalue weighted by molar-refractivity contribution is 0.592. The van der Waals surface area contributed by atoms with Crippen molar-refractivity contribution in [2.24, 2.45) is 0 Å². The van der Waals surface area contributed by atoms with Gasteiger partial charge in [-0.2, -0.15) is 0 Å². The number of hydrogen-bond acceptors (Lipinski definition) is 3. The van der Waals surface area contributed by atoms with E-state index in [9.17, 15) is 8.42 Å². The van der Waals surface area contributed by atoms with Gasteiger partial charge in [0.1, 0.15) is 4.90 Å². The van der Waals surface area contributed by atoms with Crippen LogP contribution in [0.2, 0.25) is 0 Å². The maximum absolute atomic E-state index is 12.8. The molecule has 0 spiro atoms. The van der Waals surface area contributed by atoms with Crippen LogP contribution in [-0.4, -0.2) is 15.0 Å². The van der Waals surface area contributed by atoms with E-state index < -0.39 is 10.0 Å². The van der Waals surface area contributed by atoms with Crippen LogP contribution in [0.5, 0.6) is 0 Å². The maximum atomic E-state index is 12.8.